The van der Waals surface area contributed by atoms with Crippen LogP contribution in [0.3, 0.4) is 0 Å². The highest BCUT2D eigenvalue weighted by molar-refractivity contribution is 7.84. The van der Waals surface area contributed by atoms with Crippen molar-refractivity contribution in [3.8, 4) is 0 Å². The second-order valence-electron chi connectivity index (χ2n) is 4.36. The predicted molar refractivity (Wildman–Crippen MR) is 80.1 cm³/mol. The first-order chi connectivity index (χ1) is 9.35. The molecule has 0 saturated carbocycles. The first-order valence-electron chi connectivity index (χ1n) is 6.01. The zero-order valence-electron chi connectivity index (χ0n) is 11.9. The molecule has 1 aromatic heterocycles. The van der Waals surface area contributed by atoms with Gasteiger partial charge in [-0.05, 0) is 13.3 Å². The molecule has 1 rings (SSSR count). The zero-order valence-corrected chi connectivity index (χ0v) is 13.5. The van der Waals surface area contributed by atoms with Crippen molar-refractivity contribution < 1.29 is 18.5 Å². The summed E-state index contributed by atoms with van der Waals surface area (Å²) >= 11 is 1.13. The molecule has 0 spiro atoms. The van der Waals surface area contributed by atoms with Gasteiger partial charge < -0.3 is 10.1 Å². The second kappa shape index (κ2) is 7.49. The number of esters is 1. The van der Waals surface area contributed by atoms with Gasteiger partial charge in [0.25, 0.3) is 0 Å². The molecule has 1 N–H and O–H groups in total. The van der Waals surface area contributed by atoms with Crippen LogP contribution in [-0.2, 0) is 15.5 Å². The van der Waals surface area contributed by atoms with E-state index in [1.807, 2.05) is 6.92 Å². The number of nitrogens with zero attached hydrogens (tertiary/aromatic N) is 1. The molecule has 2 atom stereocenters. The van der Waals surface area contributed by atoms with E-state index in [1.54, 1.807) is 6.26 Å². The topological polar surface area (TPSA) is 85.4 Å². The minimum Gasteiger partial charge on any atom is -0.464 e. The molecule has 0 aliphatic heterocycles. The van der Waals surface area contributed by atoms with E-state index in [0.717, 1.165) is 11.3 Å². The van der Waals surface area contributed by atoms with Crippen molar-refractivity contribution in [3.63, 3.8) is 0 Å². The standard InChI is InChI=1S/C12H18N2O4S2/c1-7(5-6-20(4)17)13-12-14-9(11(16)18-3)10(19-12)8(2)15/h7H,5-6H2,1-4H3,(H,13,14). The summed E-state index contributed by atoms with van der Waals surface area (Å²) in [5.74, 6) is -0.261. The fourth-order valence-electron chi connectivity index (χ4n) is 1.48. The van der Waals surface area contributed by atoms with Crippen molar-refractivity contribution in [2.45, 2.75) is 26.3 Å². The fourth-order valence-corrected chi connectivity index (χ4v) is 3.13. The van der Waals surface area contributed by atoms with E-state index in [1.165, 1.54) is 14.0 Å². The van der Waals surface area contributed by atoms with Crippen LogP contribution in [0.4, 0.5) is 5.13 Å². The van der Waals surface area contributed by atoms with Crippen LogP contribution in [0.15, 0.2) is 0 Å². The van der Waals surface area contributed by atoms with E-state index in [4.69, 9.17) is 0 Å². The van der Waals surface area contributed by atoms with Crippen LogP contribution in [0, 0.1) is 0 Å². The highest BCUT2D eigenvalue weighted by atomic mass is 32.2. The molecule has 1 aromatic rings. The second-order valence-corrected chi connectivity index (χ2v) is 6.91. The molecule has 0 aliphatic rings. The highest BCUT2D eigenvalue weighted by Crippen LogP contribution is 2.25. The van der Waals surface area contributed by atoms with Crippen LogP contribution in [0.1, 0.15) is 40.4 Å². The van der Waals surface area contributed by atoms with Crippen molar-refractivity contribution in [2.24, 2.45) is 0 Å². The molecule has 6 nitrogen and oxygen atoms in total. The smallest absolute Gasteiger partial charge is 0.358 e. The van der Waals surface area contributed by atoms with Crippen molar-refractivity contribution in [1.82, 2.24) is 4.98 Å². The van der Waals surface area contributed by atoms with Crippen LogP contribution in [0.25, 0.3) is 0 Å². The minimum absolute atomic E-state index is 0.0405. The Morgan fingerprint density at radius 1 is 1.50 bits per heavy atom. The lowest BCUT2D eigenvalue weighted by atomic mass is 10.3. The Bertz CT molecular complexity index is 528. The third kappa shape index (κ3) is 4.68. The molecule has 0 bridgehead atoms. The van der Waals surface area contributed by atoms with Crippen LogP contribution >= 0.6 is 11.3 Å². The average Bonchev–Trinajstić information content (AvgIpc) is 2.79. The number of aromatic nitrogens is 1. The van der Waals surface area contributed by atoms with E-state index in [9.17, 15) is 13.8 Å². The van der Waals surface area contributed by atoms with Crippen LogP contribution in [-0.4, -0.2) is 46.1 Å². The first-order valence-corrected chi connectivity index (χ1v) is 8.56. The number of carbonyl (C=O) groups is 2. The molecule has 20 heavy (non-hydrogen) atoms. The lowest BCUT2D eigenvalue weighted by molar-refractivity contribution is 0.0591. The molecule has 1 heterocycles. The average molecular weight is 318 g/mol. The van der Waals surface area contributed by atoms with Crippen molar-refractivity contribution in [3.05, 3.63) is 10.6 Å². The number of ether oxygens (including phenoxy) is 1. The van der Waals surface area contributed by atoms with Gasteiger partial charge in [-0.25, -0.2) is 9.78 Å². The molecule has 0 saturated heterocycles. The number of carbonyl (C=O) groups excluding carboxylic acids is 2. The van der Waals surface area contributed by atoms with E-state index < -0.39 is 16.8 Å². The summed E-state index contributed by atoms with van der Waals surface area (Å²) in [7, 11) is 0.403. The summed E-state index contributed by atoms with van der Waals surface area (Å²) in [6.45, 7) is 3.31. The van der Waals surface area contributed by atoms with Crippen molar-refractivity contribution >= 4 is 39.0 Å². The number of hydrogen-bond acceptors (Lipinski definition) is 7. The van der Waals surface area contributed by atoms with Gasteiger partial charge in [-0.1, -0.05) is 11.3 Å². The molecule has 0 aromatic carbocycles. The van der Waals surface area contributed by atoms with Gasteiger partial charge >= 0.3 is 5.97 Å². The van der Waals surface area contributed by atoms with Crippen molar-refractivity contribution in [2.75, 3.05) is 24.4 Å². The van der Waals surface area contributed by atoms with E-state index in [2.05, 4.69) is 15.0 Å². The molecular weight excluding hydrogens is 300 g/mol. The molecule has 112 valence electrons. The highest BCUT2D eigenvalue weighted by Gasteiger charge is 2.22. The zero-order chi connectivity index (χ0) is 15.3. The Morgan fingerprint density at radius 3 is 2.65 bits per heavy atom. The molecule has 0 radical (unpaired) electrons. The molecule has 0 aliphatic carbocycles. The number of nitrogens with one attached hydrogen (secondary N) is 1. The molecule has 8 heteroatoms. The van der Waals surface area contributed by atoms with E-state index in [-0.39, 0.29) is 22.4 Å². The Hall–Kier alpha value is -1.28. The van der Waals surface area contributed by atoms with Gasteiger partial charge in [0.2, 0.25) is 0 Å². The summed E-state index contributed by atoms with van der Waals surface area (Å²) in [6, 6.07) is 0.0513. The van der Waals surface area contributed by atoms with Gasteiger partial charge in [0.15, 0.2) is 16.6 Å². The summed E-state index contributed by atoms with van der Waals surface area (Å²) < 4.78 is 15.7. The van der Waals surface area contributed by atoms with Crippen LogP contribution in [0.2, 0.25) is 0 Å². The Labute approximate surface area is 124 Å². The summed E-state index contributed by atoms with van der Waals surface area (Å²) in [4.78, 5) is 27.4. The Morgan fingerprint density at radius 2 is 2.15 bits per heavy atom. The Kier molecular flexibility index (Phi) is 6.28. The van der Waals surface area contributed by atoms with Crippen molar-refractivity contribution in [1.29, 1.82) is 0 Å². The lowest BCUT2D eigenvalue weighted by Crippen LogP contribution is -2.17. The summed E-state index contributed by atoms with van der Waals surface area (Å²) in [5, 5.41) is 3.60. The molecule has 2 unspecified atom stereocenters. The normalized spacial score (nSPS) is 13.6. The summed E-state index contributed by atoms with van der Waals surface area (Å²) in [6.07, 6.45) is 2.37. The number of methoxy groups -OCH3 is 1. The van der Waals surface area contributed by atoms with Crippen LogP contribution in [0.5, 0.6) is 0 Å². The van der Waals surface area contributed by atoms with Gasteiger partial charge in [-0.3, -0.25) is 9.00 Å². The monoisotopic (exact) mass is 318 g/mol. The molecular formula is C12H18N2O4S2. The van der Waals surface area contributed by atoms with Gasteiger partial charge in [-0.15, -0.1) is 0 Å². The van der Waals surface area contributed by atoms with Gasteiger partial charge in [0, 0.05) is 35.8 Å². The first kappa shape index (κ1) is 16.8. The molecule has 0 amide bonds. The van der Waals surface area contributed by atoms with Crippen LogP contribution < -0.4 is 5.32 Å². The van der Waals surface area contributed by atoms with E-state index in [0.29, 0.717) is 17.3 Å². The molecule has 0 fully saturated rings. The van der Waals surface area contributed by atoms with Gasteiger partial charge in [-0.2, -0.15) is 0 Å². The number of Topliss-reactive ketones (excluding diaryl/α,β-unsaturated/α-hetero) is 1. The van der Waals surface area contributed by atoms with Gasteiger partial charge in [0.05, 0.1) is 7.11 Å². The maximum absolute atomic E-state index is 11.6. The number of hydrogen-bond donors (Lipinski definition) is 1. The maximum Gasteiger partial charge on any atom is 0.358 e. The SMILES string of the molecule is COC(=O)c1nc(NC(C)CCS(C)=O)sc1C(C)=O. The maximum atomic E-state index is 11.6. The van der Waals surface area contributed by atoms with Gasteiger partial charge in [0.1, 0.15) is 4.88 Å². The third-order valence-corrected chi connectivity index (χ3v) is 4.43. The number of thiazole rings is 1. The summed E-state index contributed by atoms with van der Waals surface area (Å²) in [5.41, 5.74) is 0.0405. The number of rotatable bonds is 7. The minimum atomic E-state index is -0.845. The number of anilines is 1. The Balaban J connectivity index is 2.84. The van der Waals surface area contributed by atoms with E-state index >= 15 is 0 Å². The number of ketones is 1. The quantitative estimate of drug-likeness (QED) is 0.608. The largest absolute Gasteiger partial charge is 0.464 e. The fraction of sp³-hybridized carbons (Fsp3) is 0.583. The lowest BCUT2D eigenvalue weighted by Gasteiger charge is -2.11. The third-order valence-electron chi connectivity index (χ3n) is 2.53. The predicted octanol–water partition coefficient (Wildman–Crippen LogP) is 1.70.